The standard InChI is InChI=1S/C20H25ClN4.HI/c1-2-22-20(23-11-10-15-8-9-19(21)24-13-15)25-14-17-12-18(17)16-6-4-3-5-7-16;/h3-9,13,17-18H,2,10-12,14H2,1H3,(H2,22,23,25);1H. The Hall–Kier alpha value is -1.34. The molecule has 1 fully saturated rings. The lowest BCUT2D eigenvalue weighted by molar-refractivity contribution is 0.763. The summed E-state index contributed by atoms with van der Waals surface area (Å²) >= 11 is 5.81. The number of hydrogen-bond acceptors (Lipinski definition) is 2. The summed E-state index contributed by atoms with van der Waals surface area (Å²) in [5.74, 6) is 2.23. The van der Waals surface area contributed by atoms with Gasteiger partial charge < -0.3 is 10.6 Å². The molecule has 0 spiro atoms. The smallest absolute Gasteiger partial charge is 0.191 e. The highest BCUT2D eigenvalue weighted by molar-refractivity contribution is 14.0. The fraction of sp³-hybridized carbons (Fsp3) is 0.400. The second kappa shape index (κ2) is 10.7. The maximum absolute atomic E-state index is 5.81. The van der Waals surface area contributed by atoms with E-state index in [9.17, 15) is 0 Å². The summed E-state index contributed by atoms with van der Waals surface area (Å²) in [5.41, 5.74) is 2.61. The summed E-state index contributed by atoms with van der Waals surface area (Å²) < 4.78 is 0. The predicted octanol–water partition coefficient (Wildman–Crippen LogP) is 4.25. The van der Waals surface area contributed by atoms with Crippen LogP contribution in [0.1, 0.15) is 30.4 Å². The highest BCUT2D eigenvalue weighted by Crippen LogP contribution is 2.47. The molecule has 1 aromatic carbocycles. The largest absolute Gasteiger partial charge is 0.357 e. The van der Waals surface area contributed by atoms with Gasteiger partial charge in [-0.1, -0.05) is 48.0 Å². The van der Waals surface area contributed by atoms with E-state index in [-0.39, 0.29) is 24.0 Å². The summed E-state index contributed by atoms with van der Waals surface area (Å²) in [6.45, 7) is 4.64. The van der Waals surface area contributed by atoms with Crippen LogP contribution in [-0.2, 0) is 6.42 Å². The molecule has 1 aromatic heterocycles. The molecule has 26 heavy (non-hydrogen) atoms. The zero-order valence-corrected chi connectivity index (χ0v) is 18.1. The molecule has 0 radical (unpaired) electrons. The molecule has 140 valence electrons. The average Bonchev–Trinajstić information content (AvgIpc) is 3.42. The van der Waals surface area contributed by atoms with Gasteiger partial charge >= 0.3 is 0 Å². The lowest BCUT2D eigenvalue weighted by atomic mass is 10.1. The maximum Gasteiger partial charge on any atom is 0.191 e. The van der Waals surface area contributed by atoms with Crippen molar-refractivity contribution in [2.75, 3.05) is 19.6 Å². The van der Waals surface area contributed by atoms with Gasteiger partial charge in [-0.05, 0) is 48.8 Å². The van der Waals surface area contributed by atoms with E-state index >= 15 is 0 Å². The molecular weight excluding hydrogens is 459 g/mol. The molecule has 2 N–H and O–H groups in total. The van der Waals surface area contributed by atoms with Gasteiger partial charge in [0.2, 0.25) is 0 Å². The summed E-state index contributed by atoms with van der Waals surface area (Å²) in [6, 6.07) is 14.6. The van der Waals surface area contributed by atoms with Gasteiger partial charge in [-0.25, -0.2) is 4.98 Å². The summed E-state index contributed by atoms with van der Waals surface area (Å²) in [6.07, 6.45) is 3.96. The van der Waals surface area contributed by atoms with Gasteiger partial charge in [0, 0.05) is 25.8 Å². The van der Waals surface area contributed by atoms with Crippen LogP contribution in [0.2, 0.25) is 5.15 Å². The summed E-state index contributed by atoms with van der Waals surface area (Å²) in [7, 11) is 0. The van der Waals surface area contributed by atoms with Crippen molar-refractivity contribution < 1.29 is 0 Å². The van der Waals surface area contributed by atoms with Crippen molar-refractivity contribution in [3.63, 3.8) is 0 Å². The molecule has 2 unspecified atom stereocenters. The van der Waals surface area contributed by atoms with Crippen molar-refractivity contribution in [2.24, 2.45) is 10.9 Å². The lowest BCUT2D eigenvalue weighted by Gasteiger charge is -2.11. The molecule has 1 aliphatic carbocycles. The highest BCUT2D eigenvalue weighted by Gasteiger charge is 2.37. The minimum atomic E-state index is 0. The zero-order valence-electron chi connectivity index (χ0n) is 15.0. The van der Waals surface area contributed by atoms with Crippen molar-refractivity contribution in [3.05, 3.63) is 64.9 Å². The Bertz CT molecular complexity index is 691. The van der Waals surface area contributed by atoms with Gasteiger partial charge in [0.15, 0.2) is 5.96 Å². The van der Waals surface area contributed by atoms with Gasteiger partial charge in [0.05, 0.1) is 0 Å². The molecule has 0 aliphatic heterocycles. The van der Waals surface area contributed by atoms with Crippen LogP contribution in [0.3, 0.4) is 0 Å². The Labute approximate surface area is 177 Å². The van der Waals surface area contributed by atoms with Gasteiger partial charge in [-0.2, -0.15) is 0 Å². The first kappa shape index (κ1) is 21.0. The number of nitrogens with zero attached hydrogens (tertiary/aromatic N) is 2. The Morgan fingerprint density at radius 3 is 2.69 bits per heavy atom. The summed E-state index contributed by atoms with van der Waals surface area (Å²) in [5, 5.41) is 7.25. The molecule has 2 aromatic rings. The van der Waals surface area contributed by atoms with Crippen LogP contribution in [0.15, 0.2) is 53.7 Å². The molecule has 0 saturated heterocycles. The van der Waals surface area contributed by atoms with Crippen molar-refractivity contribution in [3.8, 4) is 0 Å². The van der Waals surface area contributed by atoms with Gasteiger partial charge in [0.1, 0.15) is 5.15 Å². The number of halogens is 2. The molecule has 1 saturated carbocycles. The van der Waals surface area contributed by atoms with E-state index < -0.39 is 0 Å². The average molecular weight is 485 g/mol. The third-order valence-electron chi connectivity index (χ3n) is 4.47. The van der Waals surface area contributed by atoms with E-state index in [4.69, 9.17) is 16.6 Å². The second-order valence-corrected chi connectivity index (χ2v) is 6.79. The number of hydrogen-bond donors (Lipinski definition) is 2. The molecule has 4 nitrogen and oxygen atoms in total. The number of aliphatic imine (C=N–C) groups is 1. The van der Waals surface area contributed by atoms with E-state index in [1.54, 1.807) is 0 Å². The number of nitrogens with one attached hydrogen (secondary N) is 2. The zero-order chi connectivity index (χ0) is 17.5. The fourth-order valence-corrected chi connectivity index (χ4v) is 3.10. The van der Waals surface area contributed by atoms with Crippen molar-refractivity contribution in [1.82, 2.24) is 15.6 Å². The van der Waals surface area contributed by atoms with Crippen molar-refractivity contribution in [1.29, 1.82) is 0 Å². The molecule has 3 rings (SSSR count). The van der Waals surface area contributed by atoms with Crippen LogP contribution >= 0.6 is 35.6 Å². The Kier molecular flexibility index (Phi) is 8.65. The first-order valence-corrected chi connectivity index (χ1v) is 9.31. The maximum atomic E-state index is 5.81. The topological polar surface area (TPSA) is 49.3 Å². The predicted molar refractivity (Wildman–Crippen MR) is 120 cm³/mol. The molecule has 2 atom stereocenters. The van der Waals surface area contributed by atoms with Gasteiger partial charge in [-0.15, -0.1) is 24.0 Å². The molecule has 1 aliphatic rings. The van der Waals surface area contributed by atoms with E-state index in [0.29, 0.717) is 17.0 Å². The van der Waals surface area contributed by atoms with Crippen LogP contribution in [-0.4, -0.2) is 30.6 Å². The third kappa shape index (κ3) is 6.43. The normalized spacial score (nSPS) is 18.8. The number of aromatic nitrogens is 1. The molecule has 0 bridgehead atoms. The molecule has 6 heteroatoms. The van der Waals surface area contributed by atoms with Crippen LogP contribution < -0.4 is 10.6 Å². The third-order valence-corrected chi connectivity index (χ3v) is 4.70. The van der Waals surface area contributed by atoms with Gasteiger partial charge in [-0.3, -0.25) is 4.99 Å². The molecule has 1 heterocycles. The first-order chi connectivity index (χ1) is 12.3. The molecular formula is C20H26ClIN4. The van der Waals surface area contributed by atoms with Gasteiger partial charge in [0.25, 0.3) is 0 Å². The summed E-state index contributed by atoms with van der Waals surface area (Å²) in [4.78, 5) is 8.86. The SMILES string of the molecule is CCNC(=NCC1CC1c1ccccc1)NCCc1ccc(Cl)nc1.I. The number of rotatable bonds is 7. The van der Waals surface area contributed by atoms with Crippen molar-refractivity contribution >= 4 is 41.5 Å². The number of guanidine groups is 1. The van der Waals surface area contributed by atoms with Crippen LogP contribution in [0.25, 0.3) is 0 Å². The minimum Gasteiger partial charge on any atom is -0.357 e. The Morgan fingerprint density at radius 1 is 1.19 bits per heavy atom. The Morgan fingerprint density at radius 2 is 2.00 bits per heavy atom. The first-order valence-electron chi connectivity index (χ1n) is 8.94. The van der Waals surface area contributed by atoms with Crippen LogP contribution in [0.4, 0.5) is 0 Å². The van der Waals surface area contributed by atoms with E-state index in [0.717, 1.165) is 32.0 Å². The number of pyridine rings is 1. The lowest BCUT2D eigenvalue weighted by Crippen LogP contribution is -2.38. The fourth-order valence-electron chi connectivity index (χ4n) is 2.99. The number of benzene rings is 1. The van der Waals surface area contributed by atoms with Crippen LogP contribution in [0.5, 0.6) is 0 Å². The molecule has 0 amide bonds. The van der Waals surface area contributed by atoms with Crippen molar-refractivity contribution in [2.45, 2.75) is 25.7 Å². The van der Waals surface area contributed by atoms with E-state index in [1.165, 1.54) is 17.5 Å². The monoisotopic (exact) mass is 484 g/mol. The highest BCUT2D eigenvalue weighted by atomic mass is 127. The van der Waals surface area contributed by atoms with E-state index in [2.05, 4.69) is 52.9 Å². The van der Waals surface area contributed by atoms with E-state index in [1.807, 2.05) is 18.3 Å². The minimum absolute atomic E-state index is 0. The Balaban J connectivity index is 0.00000243. The quantitative estimate of drug-likeness (QED) is 0.267. The second-order valence-electron chi connectivity index (χ2n) is 6.40. The van der Waals surface area contributed by atoms with Crippen LogP contribution in [0, 0.1) is 5.92 Å².